The van der Waals surface area contributed by atoms with Crippen molar-refractivity contribution < 1.29 is 19.7 Å². The Morgan fingerprint density at radius 1 is 0.519 bits per heavy atom. The maximum atomic E-state index is 8.78. The molecule has 0 amide bonds. The molecule has 1 atom stereocenters. The van der Waals surface area contributed by atoms with Crippen LogP contribution in [-0.4, -0.2) is 135 Å². The van der Waals surface area contributed by atoms with E-state index in [1.54, 1.807) is 0 Å². The van der Waals surface area contributed by atoms with Crippen LogP contribution in [0.25, 0.3) is 11.1 Å². The topological polar surface area (TPSA) is 71.9 Å². The molecule has 2 saturated heterocycles. The first-order valence-corrected chi connectivity index (χ1v) is 19.2. The molecule has 2 heterocycles. The molecular weight excluding hydrogens is 695 g/mol. The van der Waals surface area contributed by atoms with E-state index in [0.717, 1.165) is 82.0 Å². The number of ether oxygens (including phenoxy) is 2. The lowest BCUT2D eigenvalue weighted by Gasteiger charge is -2.39. The zero-order valence-electron chi connectivity index (χ0n) is 30.2. The number of aliphatic hydroxyl groups is 2. The average Bonchev–Trinajstić information content (AvgIpc) is 3.18. The summed E-state index contributed by atoms with van der Waals surface area (Å²) in [6.07, 6.45) is 0. The molecule has 10 heteroatoms. The first kappa shape index (κ1) is 40.3. The molecule has 0 aliphatic carbocycles. The Hall–Kier alpha value is -2.86. The van der Waals surface area contributed by atoms with E-state index >= 15 is 0 Å². The number of piperazine rings is 2. The van der Waals surface area contributed by atoms with Crippen LogP contribution in [0, 0.1) is 0 Å². The fraction of sp³-hybridized carbons (Fsp3) is 0.429. The molecule has 4 aromatic rings. The van der Waals surface area contributed by atoms with Crippen LogP contribution < -0.4 is 0 Å². The monoisotopic (exact) mass is 748 g/mol. The van der Waals surface area contributed by atoms with Crippen molar-refractivity contribution in [3.05, 3.63) is 130 Å². The summed E-state index contributed by atoms with van der Waals surface area (Å²) in [5.74, 6) is 0. The lowest BCUT2D eigenvalue weighted by atomic mass is 9.96. The van der Waals surface area contributed by atoms with Crippen LogP contribution >= 0.6 is 23.2 Å². The molecule has 2 aliphatic rings. The molecule has 2 fully saturated rings. The van der Waals surface area contributed by atoms with Crippen molar-refractivity contribution in [3.63, 3.8) is 0 Å². The third kappa shape index (κ3) is 12.9. The summed E-state index contributed by atoms with van der Waals surface area (Å²) in [4.78, 5) is 9.92. The van der Waals surface area contributed by atoms with Gasteiger partial charge in [-0.05, 0) is 52.1 Å². The first-order chi connectivity index (χ1) is 25.5. The van der Waals surface area contributed by atoms with Crippen LogP contribution in [0.5, 0.6) is 0 Å². The Labute approximate surface area is 320 Å². The van der Waals surface area contributed by atoms with E-state index in [9.17, 15) is 0 Å². The normalized spacial score (nSPS) is 16.7. The number of rotatable bonds is 16. The molecule has 0 saturated carbocycles. The quantitative estimate of drug-likeness (QED) is 0.132. The smallest absolute Gasteiger partial charge is 0.0698 e. The summed E-state index contributed by atoms with van der Waals surface area (Å²) in [6.45, 7) is 13.6. The second kappa shape index (κ2) is 22.4. The zero-order valence-corrected chi connectivity index (χ0v) is 31.7. The minimum Gasteiger partial charge on any atom is -0.394 e. The van der Waals surface area contributed by atoms with Gasteiger partial charge in [-0.2, -0.15) is 0 Å². The van der Waals surface area contributed by atoms with Crippen LogP contribution in [0.1, 0.15) is 22.7 Å². The lowest BCUT2D eigenvalue weighted by Crippen LogP contribution is -2.48. The van der Waals surface area contributed by atoms with Gasteiger partial charge in [-0.15, -0.1) is 0 Å². The third-order valence-corrected chi connectivity index (χ3v) is 10.2. The lowest BCUT2D eigenvalue weighted by molar-refractivity contribution is 0.0522. The molecule has 1 unspecified atom stereocenters. The highest BCUT2D eigenvalue weighted by Crippen LogP contribution is 2.30. The molecule has 2 aliphatic heterocycles. The molecule has 2 N–H and O–H groups in total. The van der Waals surface area contributed by atoms with E-state index in [-0.39, 0.29) is 19.3 Å². The number of hydrogen-bond acceptors (Lipinski definition) is 8. The summed E-state index contributed by atoms with van der Waals surface area (Å²) < 4.78 is 10.8. The molecule has 0 aromatic heterocycles. The van der Waals surface area contributed by atoms with Crippen LogP contribution in [0.15, 0.2) is 103 Å². The summed E-state index contributed by atoms with van der Waals surface area (Å²) in [7, 11) is 0. The van der Waals surface area contributed by atoms with Gasteiger partial charge in [-0.25, -0.2) is 0 Å². The first-order valence-electron chi connectivity index (χ1n) is 18.5. The fourth-order valence-electron chi connectivity index (χ4n) is 6.84. The van der Waals surface area contributed by atoms with Gasteiger partial charge in [0.15, 0.2) is 0 Å². The molecule has 0 bridgehead atoms. The van der Waals surface area contributed by atoms with Crippen LogP contribution in [-0.2, 0) is 16.0 Å². The Morgan fingerprint density at radius 3 is 1.58 bits per heavy atom. The Morgan fingerprint density at radius 2 is 1.00 bits per heavy atom. The van der Waals surface area contributed by atoms with E-state index in [1.165, 1.54) is 27.8 Å². The highest BCUT2D eigenvalue weighted by molar-refractivity contribution is 6.30. The van der Waals surface area contributed by atoms with Crippen molar-refractivity contribution >= 4 is 23.2 Å². The van der Waals surface area contributed by atoms with Crippen LogP contribution in [0.2, 0.25) is 10.0 Å². The minimum atomic E-state index is 0.0909. The molecule has 280 valence electrons. The highest BCUT2D eigenvalue weighted by Gasteiger charge is 2.26. The van der Waals surface area contributed by atoms with Gasteiger partial charge in [-0.1, -0.05) is 102 Å². The Bertz CT molecular complexity index is 1550. The molecule has 6 rings (SSSR count). The fourth-order valence-corrected chi connectivity index (χ4v) is 7.09. The molecule has 4 aromatic carbocycles. The van der Waals surface area contributed by atoms with E-state index in [0.29, 0.717) is 26.4 Å². The number of hydrogen-bond donors (Lipinski definition) is 2. The van der Waals surface area contributed by atoms with Crippen LogP contribution in [0.4, 0.5) is 0 Å². The van der Waals surface area contributed by atoms with Crippen molar-refractivity contribution in [2.24, 2.45) is 0 Å². The summed E-state index contributed by atoms with van der Waals surface area (Å²) in [5, 5.41) is 19.1. The summed E-state index contributed by atoms with van der Waals surface area (Å²) in [5.41, 5.74) is 6.44. The van der Waals surface area contributed by atoms with Gasteiger partial charge in [0.1, 0.15) is 0 Å². The second-order valence-corrected chi connectivity index (χ2v) is 14.1. The van der Waals surface area contributed by atoms with Gasteiger partial charge in [0.05, 0.1) is 45.7 Å². The number of aliphatic hydroxyl groups excluding tert-OH is 2. The Kier molecular flexibility index (Phi) is 17.4. The largest absolute Gasteiger partial charge is 0.394 e. The average molecular weight is 750 g/mol. The van der Waals surface area contributed by atoms with Gasteiger partial charge in [0, 0.05) is 82.0 Å². The van der Waals surface area contributed by atoms with Crippen molar-refractivity contribution in [1.29, 1.82) is 0 Å². The van der Waals surface area contributed by atoms with Crippen LogP contribution in [0.3, 0.4) is 0 Å². The molecule has 0 spiro atoms. The van der Waals surface area contributed by atoms with Gasteiger partial charge in [-0.3, -0.25) is 19.6 Å². The molecular formula is C42H54Cl2N4O4. The maximum Gasteiger partial charge on any atom is 0.0698 e. The highest BCUT2D eigenvalue weighted by atomic mass is 35.5. The van der Waals surface area contributed by atoms with Gasteiger partial charge in [0.2, 0.25) is 0 Å². The van der Waals surface area contributed by atoms with Gasteiger partial charge < -0.3 is 19.7 Å². The van der Waals surface area contributed by atoms with E-state index < -0.39 is 0 Å². The number of benzene rings is 4. The predicted octanol–water partition coefficient (Wildman–Crippen LogP) is 6.19. The molecule has 52 heavy (non-hydrogen) atoms. The van der Waals surface area contributed by atoms with E-state index in [2.05, 4.69) is 98.5 Å². The SMILES string of the molecule is OCCOCCN1CCN(C(c2ccccc2)c2ccc(Cl)cc2)CC1.OCCOCCN1CCN(Cc2ccccc2-c2ccc(Cl)cc2)CC1. The standard InChI is InChI=1S/2C21H27ClN2O2/c22-20-7-5-18(6-8-20)21-4-2-1-3-19(21)17-24-11-9-23(10-12-24)13-15-26-16-14-25;22-20-8-6-19(7-9-20)21(18-4-2-1-3-5-18)24-12-10-23(11-13-24)14-16-26-17-15-25/h1-8,25H,9-17H2;1-9,21,25H,10-17H2. The second-order valence-electron chi connectivity index (χ2n) is 13.2. The molecule has 0 radical (unpaired) electrons. The van der Waals surface area contributed by atoms with E-state index in [1.807, 2.05) is 24.3 Å². The summed E-state index contributed by atoms with van der Waals surface area (Å²) >= 11 is 12.1. The van der Waals surface area contributed by atoms with Gasteiger partial charge >= 0.3 is 0 Å². The zero-order chi connectivity index (χ0) is 36.4. The maximum absolute atomic E-state index is 8.78. The minimum absolute atomic E-state index is 0.0909. The van der Waals surface area contributed by atoms with Crippen molar-refractivity contribution in [3.8, 4) is 11.1 Å². The molecule has 8 nitrogen and oxygen atoms in total. The van der Waals surface area contributed by atoms with Gasteiger partial charge in [0.25, 0.3) is 0 Å². The summed E-state index contributed by atoms with van der Waals surface area (Å²) in [6, 6.07) is 35.8. The number of halogens is 2. The number of nitrogens with zero attached hydrogens (tertiary/aromatic N) is 4. The van der Waals surface area contributed by atoms with Crippen molar-refractivity contribution in [1.82, 2.24) is 19.6 Å². The third-order valence-electron chi connectivity index (χ3n) is 9.68. The predicted molar refractivity (Wildman–Crippen MR) is 212 cm³/mol. The van der Waals surface area contributed by atoms with Crippen molar-refractivity contribution in [2.75, 3.05) is 105 Å². The van der Waals surface area contributed by atoms with E-state index in [4.69, 9.17) is 42.9 Å². The Balaban J connectivity index is 0.000000201. The van der Waals surface area contributed by atoms with Crippen molar-refractivity contribution in [2.45, 2.75) is 12.6 Å².